The van der Waals surface area contributed by atoms with Crippen LogP contribution >= 0.6 is 0 Å². The number of nitrogens with one attached hydrogen (secondary N) is 2. The van der Waals surface area contributed by atoms with E-state index >= 15 is 0 Å². The minimum atomic E-state index is 0.362. The van der Waals surface area contributed by atoms with E-state index in [1.165, 1.54) is 32.1 Å². The predicted molar refractivity (Wildman–Crippen MR) is 99.0 cm³/mol. The minimum absolute atomic E-state index is 0.362. The molecule has 0 radical (unpaired) electrons. The van der Waals surface area contributed by atoms with Crippen molar-refractivity contribution in [2.75, 3.05) is 46.6 Å². The van der Waals surface area contributed by atoms with E-state index in [0.717, 1.165) is 38.7 Å². The van der Waals surface area contributed by atoms with Crippen molar-refractivity contribution >= 4 is 5.96 Å². The number of rotatable bonds is 9. The molecular weight excluding hydrogens is 318 g/mol. The summed E-state index contributed by atoms with van der Waals surface area (Å²) in [7, 11) is 1.69. The van der Waals surface area contributed by atoms with Crippen LogP contribution in [-0.2, 0) is 14.2 Å². The molecule has 1 aliphatic heterocycles. The third-order valence-electron chi connectivity index (χ3n) is 6.07. The van der Waals surface area contributed by atoms with E-state index in [0.29, 0.717) is 36.7 Å². The van der Waals surface area contributed by atoms with Crippen LogP contribution in [0.2, 0.25) is 0 Å². The summed E-state index contributed by atoms with van der Waals surface area (Å²) in [4.78, 5) is 4.76. The number of nitrogens with zero attached hydrogens (tertiary/aromatic N) is 1. The molecule has 3 atom stereocenters. The Labute approximate surface area is 152 Å². The van der Waals surface area contributed by atoms with Gasteiger partial charge in [0.05, 0.1) is 19.3 Å². The average Bonchev–Trinajstić information content (AvgIpc) is 3.27. The van der Waals surface area contributed by atoms with Crippen LogP contribution in [0.3, 0.4) is 0 Å². The standard InChI is InChI=1S/C19H35N3O3/c1-3-20-18(21-10-6-11-24-14-13-23-2)22-16-15-7-12-25-17(15)19(16)8-4-5-9-19/h15-17H,3-14H2,1-2H3,(H2,20,21,22). The number of aliphatic imine (C=N–C) groups is 1. The van der Waals surface area contributed by atoms with E-state index in [1.54, 1.807) is 7.11 Å². The molecular formula is C19H35N3O3. The third kappa shape index (κ3) is 4.12. The lowest BCUT2D eigenvalue weighted by molar-refractivity contribution is -0.125. The van der Waals surface area contributed by atoms with Crippen molar-refractivity contribution in [3.05, 3.63) is 0 Å². The molecule has 6 heteroatoms. The lowest BCUT2D eigenvalue weighted by Crippen LogP contribution is -2.69. The van der Waals surface area contributed by atoms with Crippen LogP contribution in [0.1, 0.15) is 45.4 Å². The van der Waals surface area contributed by atoms with Crippen LogP contribution in [0.5, 0.6) is 0 Å². The van der Waals surface area contributed by atoms with Gasteiger partial charge in [-0.05, 0) is 32.6 Å². The smallest absolute Gasteiger partial charge is 0.191 e. The van der Waals surface area contributed by atoms with Crippen LogP contribution in [0, 0.1) is 11.3 Å². The summed E-state index contributed by atoms with van der Waals surface area (Å²) in [5.41, 5.74) is 0.362. The number of hydrogen-bond donors (Lipinski definition) is 2. The van der Waals surface area contributed by atoms with Crippen molar-refractivity contribution in [1.29, 1.82) is 0 Å². The van der Waals surface area contributed by atoms with Crippen LogP contribution in [0.15, 0.2) is 4.99 Å². The molecule has 2 N–H and O–H groups in total. The molecule has 144 valence electrons. The fourth-order valence-electron chi connectivity index (χ4n) is 4.97. The molecule has 0 amide bonds. The topological polar surface area (TPSA) is 64.1 Å². The van der Waals surface area contributed by atoms with Gasteiger partial charge in [-0.3, -0.25) is 4.99 Å². The van der Waals surface area contributed by atoms with E-state index in [2.05, 4.69) is 17.6 Å². The summed E-state index contributed by atoms with van der Waals surface area (Å²) in [5.74, 6) is 1.63. The Balaban J connectivity index is 1.49. The maximum Gasteiger partial charge on any atom is 0.191 e. The van der Waals surface area contributed by atoms with Gasteiger partial charge in [0.1, 0.15) is 0 Å². The van der Waals surface area contributed by atoms with Crippen molar-refractivity contribution < 1.29 is 14.2 Å². The molecule has 3 fully saturated rings. The van der Waals surface area contributed by atoms with Crippen molar-refractivity contribution in [2.45, 2.75) is 57.6 Å². The normalized spacial score (nSPS) is 30.3. The molecule has 25 heavy (non-hydrogen) atoms. The molecule has 3 aliphatic rings. The van der Waals surface area contributed by atoms with Gasteiger partial charge >= 0.3 is 0 Å². The zero-order valence-electron chi connectivity index (χ0n) is 15.9. The molecule has 6 nitrogen and oxygen atoms in total. The second-order valence-electron chi connectivity index (χ2n) is 7.53. The largest absolute Gasteiger partial charge is 0.382 e. The van der Waals surface area contributed by atoms with Crippen LogP contribution in [0.25, 0.3) is 0 Å². The maximum absolute atomic E-state index is 6.08. The van der Waals surface area contributed by atoms with E-state index in [1.807, 2.05) is 0 Å². The molecule has 1 saturated heterocycles. The molecule has 0 aromatic rings. The summed E-state index contributed by atoms with van der Waals surface area (Å²) in [6.45, 7) is 6.78. The van der Waals surface area contributed by atoms with Gasteiger partial charge in [0.25, 0.3) is 0 Å². The predicted octanol–water partition coefficient (Wildman–Crippen LogP) is 1.94. The van der Waals surface area contributed by atoms with Gasteiger partial charge in [-0.25, -0.2) is 0 Å². The number of methoxy groups -OCH3 is 1. The van der Waals surface area contributed by atoms with Gasteiger partial charge in [-0.15, -0.1) is 0 Å². The van der Waals surface area contributed by atoms with Crippen LogP contribution in [-0.4, -0.2) is 64.7 Å². The highest BCUT2D eigenvalue weighted by molar-refractivity contribution is 5.80. The quantitative estimate of drug-likeness (QED) is 0.377. The Hall–Kier alpha value is -0.850. The monoisotopic (exact) mass is 353 g/mol. The highest BCUT2D eigenvalue weighted by Crippen LogP contribution is 2.60. The minimum Gasteiger partial charge on any atom is -0.382 e. The van der Waals surface area contributed by atoms with E-state index in [-0.39, 0.29) is 0 Å². The summed E-state index contributed by atoms with van der Waals surface area (Å²) < 4.78 is 16.6. The Kier molecular flexibility index (Phi) is 6.96. The zero-order valence-corrected chi connectivity index (χ0v) is 15.9. The van der Waals surface area contributed by atoms with Crippen molar-refractivity contribution in [1.82, 2.24) is 10.6 Å². The molecule has 2 aliphatic carbocycles. The lowest BCUT2D eigenvalue weighted by atomic mass is 9.54. The van der Waals surface area contributed by atoms with Gasteiger partial charge in [0.2, 0.25) is 0 Å². The first-order chi connectivity index (χ1) is 12.3. The number of hydrogen-bond acceptors (Lipinski definition) is 4. The number of fused-ring (bicyclic) bond motifs is 2. The second kappa shape index (κ2) is 9.19. The second-order valence-corrected chi connectivity index (χ2v) is 7.53. The molecule has 1 heterocycles. The Bertz CT molecular complexity index is 438. The summed E-state index contributed by atoms with van der Waals surface area (Å²) >= 11 is 0. The first-order valence-corrected chi connectivity index (χ1v) is 10.0. The Morgan fingerprint density at radius 3 is 2.84 bits per heavy atom. The van der Waals surface area contributed by atoms with Crippen molar-refractivity contribution in [3.8, 4) is 0 Å². The van der Waals surface area contributed by atoms with Crippen LogP contribution < -0.4 is 10.6 Å². The van der Waals surface area contributed by atoms with E-state index in [4.69, 9.17) is 19.2 Å². The number of guanidine groups is 1. The maximum atomic E-state index is 6.08. The van der Waals surface area contributed by atoms with Crippen LogP contribution in [0.4, 0.5) is 0 Å². The van der Waals surface area contributed by atoms with Gasteiger partial charge < -0.3 is 24.8 Å². The molecule has 0 aromatic carbocycles. The van der Waals surface area contributed by atoms with Gasteiger partial charge in [-0.2, -0.15) is 0 Å². The average molecular weight is 354 g/mol. The first kappa shape index (κ1) is 18.9. The summed E-state index contributed by atoms with van der Waals surface area (Å²) in [6.07, 6.45) is 7.91. The van der Waals surface area contributed by atoms with Gasteiger partial charge in [0, 0.05) is 50.8 Å². The fraction of sp³-hybridized carbons (Fsp3) is 0.947. The van der Waals surface area contributed by atoms with Gasteiger partial charge in [0.15, 0.2) is 5.96 Å². The molecule has 3 rings (SSSR count). The first-order valence-electron chi connectivity index (χ1n) is 10.0. The lowest BCUT2D eigenvalue weighted by Gasteiger charge is -2.57. The third-order valence-corrected chi connectivity index (χ3v) is 6.07. The molecule has 2 saturated carbocycles. The summed E-state index contributed by atoms with van der Waals surface area (Å²) in [6, 6.07) is 0.526. The Morgan fingerprint density at radius 1 is 1.24 bits per heavy atom. The molecule has 0 bridgehead atoms. The number of ether oxygens (including phenoxy) is 3. The fourth-order valence-corrected chi connectivity index (χ4v) is 4.97. The summed E-state index contributed by atoms with van der Waals surface area (Å²) in [5, 5.41) is 7.18. The molecule has 0 aromatic heterocycles. The van der Waals surface area contributed by atoms with E-state index in [9.17, 15) is 0 Å². The highest BCUT2D eigenvalue weighted by Gasteiger charge is 2.65. The highest BCUT2D eigenvalue weighted by atomic mass is 16.5. The molecule has 3 unspecified atom stereocenters. The van der Waals surface area contributed by atoms with E-state index < -0.39 is 0 Å². The Morgan fingerprint density at radius 2 is 2.08 bits per heavy atom. The molecule has 1 spiro atoms. The van der Waals surface area contributed by atoms with Crippen molar-refractivity contribution in [2.24, 2.45) is 16.3 Å². The zero-order chi connectivity index (χ0) is 17.5. The SMILES string of the molecule is CCNC(=NCCCOCCOC)NC1C2CCOC2C12CCCC2. The van der Waals surface area contributed by atoms with Gasteiger partial charge in [-0.1, -0.05) is 12.8 Å². The van der Waals surface area contributed by atoms with Crippen molar-refractivity contribution in [3.63, 3.8) is 0 Å².